The summed E-state index contributed by atoms with van der Waals surface area (Å²) in [6.45, 7) is 0.796. The van der Waals surface area contributed by atoms with Crippen LogP contribution in [0.2, 0.25) is 0 Å². The van der Waals surface area contributed by atoms with E-state index in [0.717, 1.165) is 49.5 Å². The molecule has 130 valence electrons. The topological polar surface area (TPSA) is 55.1 Å². The number of carbonyl (C=O) groups excluding carboxylic acids is 1. The monoisotopic (exact) mass is 346 g/mol. The number of benzene rings is 1. The molecule has 0 heterocycles. The molecule has 0 spiro atoms. The summed E-state index contributed by atoms with van der Waals surface area (Å²) in [5, 5.41) is 3.10. The number of halogens is 1. The maximum absolute atomic E-state index is 12.5. The predicted molar refractivity (Wildman–Crippen MR) is 96.7 cm³/mol. The quantitative estimate of drug-likeness (QED) is 0.629. The first kappa shape index (κ1) is 16.4. The van der Waals surface area contributed by atoms with Crippen molar-refractivity contribution in [3.8, 4) is 0 Å². The van der Waals surface area contributed by atoms with Gasteiger partial charge in [-0.05, 0) is 80.9 Å². The molecular weight excluding hydrogens is 320 g/mol. The summed E-state index contributed by atoms with van der Waals surface area (Å²) in [7, 11) is 0. The summed E-state index contributed by atoms with van der Waals surface area (Å²) in [5.74, 6) is 3.05. The van der Waals surface area contributed by atoms with Crippen LogP contribution < -0.4 is 11.1 Å². The van der Waals surface area contributed by atoms with E-state index in [1.165, 1.54) is 19.3 Å². The van der Waals surface area contributed by atoms with Crippen LogP contribution in [0.4, 0.5) is 0 Å². The highest BCUT2D eigenvalue weighted by atomic mass is 35.5. The molecule has 3 unspecified atom stereocenters. The van der Waals surface area contributed by atoms with E-state index in [9.17, 15) is 4.79 Å². The van der Waals surface area contributed by atoms with Crippen molar-refractivity contribution in [2.75, 3.05) is 6.54 Å². The van der Waals surface area contributed by atoms with Gasteiger partial charge in [0.2, 0.25) is 0 Å². The molecule has 4 aliphatic carbocycles. The Morgan fingerprint density at radius 3 is 2.50 bits per heavy atom. The Labute approximate surface area is 149 Å². The summed E-state index contributed by atoms with van der Waals surface area (Å²) in [6, 6.07) is 9.39. The van der Waals surface area contributed by atoms with E-state index in [2.05, 4.69) is 5.32 Å². The zero-order valence-corrected chi connectivity index (χ0v) is 14.8. The van der Waals surface area contributed by atoms with E-state index >= 15 is 0 Å². The third-order valence-corrected chi connectivity index (χ3v) is 7.42. The minimum absolute atomic E-state index is 0.0511. The number of carbonyl (C=O) groups is 1. The summed E-state index contributed by atoms with van der Waals surface area (Å²) >= 11 is 6.81. The number of hydrogen-bond acceptors (Lipinski definition) is 2. The predicted octanol–water partition coefficient (Wildman–Crippen LogP) is 3.77. The Balaban J connectivity index is 1.49. The number of hydrogen-bond donors (Lipinski definition) is 2. The van der Waals surface area contributed by atoms with Gasteiger partial charge in [0.15, 0.2) is 0 Å². The lowest BCUT2D eigenvalue weighted by Gasteiger charge is -2.61. The van der Waals surface area contributed by atoms with Crippen LogP contribution in [0.15, 0.2) is 30.3 Å². The highest BCUT2D eigenvalue weighted by Crippen LogP contribution is 2.64. The van der Waals surface area contributed by atoms with Crippen molar-refractivity contribution in [3.05, 3.63) is 35.9 Å². The molecule has 0 radical (unpaired) electrons. The Hall–Kier alpha value is -1.06. The number of rotatable bonds is 5. The van der Waals surface area contributed by atoms with Gasteiger partial charge in [0, 0.05) is 11.0 Å². The van der Waals surface area contributed by atoms with Crippen LogP contribution in [0.5, 0.6) is 0 Å². The van der Waals surface area contributed by atoms with Gasteiger partial charge in [-0.2, -0.15) is 0 Å². The second kappa shape index (κ2) is 6.34. The highest BCUT2D eigenvalue weighted by Gasteiger charge is 2.57. The van der Waals surface area contributed by atoms with Crippen molar-refractivity contribution >= 4 is 17.5 Å². The van der Waals surface area contributed by atoms with Crippen LogP contribution in [0.3, 0.4) is 0 Å². The number of amides is 1. The molecule has 4 aliphatic rings. The molecule has 5 rings (SSSR count). The smallest absolute Gasteiger partial charge is 0.252 e. The second-order valence-corrected chi connectivity index (χ2v) is 8.71. The maximum atomic E-state index is 12.5. The second-order valence-electron chi connectivity index (χ2n) is 8.28. The van der Waals surface area contributed by atoms with Gasteiger partial charge < -0.3 is 11.1 Å². The van der Waals surface area contributed by atoms with Gasteiger partial charge in [-0.15, -0.1) is 0 Å². The standard InChI is InChI=1S/C20H27ClN2O/c21-19(23-18(24)14-4-2-1-3-5-14)20-10-13-8-15(11-20)17(6-7-22)16(9-13)12-20/h1-5,13,15-17,19H,6-12,22H2,(H,23,24). The maximum Gasteiger partial charge on any atom is 0.252 e. The van der Waals surface area contributed by atoms with Gasteiger partial charge in [0.25, 0.3) is 5.91 Å². The summed E-state index contributed by atoms with van der Waals surface area (Å²) in [5.41, 5.74) is 6.36. The van der Waals surface area contributed by atoms with Gasteiger partial charge in [-0.1, -0.05) is 29.8 Å². The van der Waals surface area contributed by atoms with Crippen LogP contribution in [-0.2, 0) is 0 Å². The van der Waals surface area contributed by atoms with Crippen molar-refractivity contribution in [3.63, 3.8) is 0 Å². The Kier molecular flexibility index (Phi) is 4.34. The number of nitrogens with one attached hydrogen (secondary N) is 1. The molecule has 1 amide bonds. The van der Waals surface area contributed by atoms with Crippen LogP contribution in [-0.4, -0.2) is 18.0 Å². The molecule has 24 heavy (non-hydrogen) atoms. The molecule has 4 bridgehead atoms. The van der Waals surface area contributed by atoms with Crippen molar-refractivity contribution in [1.29, 1.82) is 0 Å². The normalized spacial score (nSPS) is 38.1. The van der Waals surface area contributed by atoms with Crippen molar-refractivity contribution in [1.82, 2.24) is 5.32 Å². The highest BCUT2D eigenvalue weighted by molar-refractivity contribution is 6.22. The van der Waals surface area contributed by atoms with E-state index < -0.39 is 0 Å². The minimum Gasteiger partial charge on any atom is -0.335 e. The third kappa shape index (κ3) is 2.76. The van der Waals surface area contributed by atoms with Gasteiger partial charge in [-0.3, -0.25) is 4.79 Å². The van der Waals surface area contributed by atoms with Gasteiger partial charge >= 0.3 is 0 Å². The first-order valence-electron chi connectivity index (χ1n) is 9.31. The molecule has 4 saturated carbocycles. The zero-order valence-electron chi connectivity index (χ0n) is 14.1. The molecule has 3 atom stereocenters. The van der Waals surface area contributed by atoms with E-state index in [-0.39, 0.29) is 16.8 Å². The fourth-order valence-electron chi connectivity index (χ4n) is 6.11. The van der Waals surface area contributed by atoms with Gasteiger partial charge in [0.1, 0.15) is 5.50 Å². The molecule has 0 aliphatic heterocycles. The molecule has 3 nitrogen and oxygen atoms in total. The average Bonchev–Trinajstić information content (AvgIpc) is 2.58. The first-order chi connectivity index (χ1) is 11.6. The largest absolute Gasteiger partial charge is 0.335 e. The van der Waals surface area contributed by atoms with Crippen molar-refractivity contribution in [2.24, 2.45) is 34.8 Å². The lowest BCUT2D eigenvalue weighted by molar-refractivity contribution is -0.100. The summed E-state index contributed by atoms with van der Waals surface area (Å²) in [4.78, 5) is 12.5. The van der Waals surface area contributed by atoms with Gasteiger partial charge in [0.05, 0.1) is 0 Å². The van der Waals surface area contributed by atoms with Crippen LogP contribution >= 0.6 is 11.6 Å². The first-order valence-corrected chi connectivity index (χ1v) is 9.75. The molecule has 3 N–H and O–H groups in total. The molecule has 1 aromatic carbocycles. The molecule has 4 heteroatoms. The zero-order chi connectivity index (χ0) is 16.7. The van der Waals surface area contributed by atoms with Crippen molar-refractivity contribution in [2.45, 2.75) is 44.0 Å². The number of alkyl halides is 1. The summed E-state index contributed by atoms with van der Waals surface area (Å²) < 4.78 is 0. The van der Waals surface area contributed by atoms with Gasteiger partial charge in [-0.25, -0.2) is 0 Å². The minimum atomic E-state index is -0.267. The average molecular weight is 347 g/mol. The SMILES string of the molecule is NCCC1C2CC3CC1CC(C(Cl)NC(=O)c1ccccc1)(C3)C2. The molecular formula is C20H27ClN2O. The lowest BCUT2D eigenvalue weighted by atomic mass is 9.45. The fourth-order valence-corrected chi connectivity index (χ4v) is 6.47. The molecule has 1 aromatic rings. The molecule has 4 fully saturated rings. The van der Waals surface area contributed by atoms with Crippen LogP contribution in [0, 0.1) is 29.1 Å². The fraction of sp³-hybridized carbons (Fsp3) is 0.650. The van der Waals surface area contributed by atoms with Crippen molar-refractivity contribution < 1.29 is 4.79 Å². The van der Waals surface area contributed by atoms with Crippen LogP contribution in [0.25, 0.3) is 0 Å². The third-order valence-electron chi connectivity index (χ3n) is 6.85. The Morgan fingerprint density at radius 1 is 1.21 bits per heavy atom. The molecule has 0 saturated heterocycles. The Bertz CT molecular complexity index is 589. The van der Waals surface area contributed by atoms with Crippen LogP contribution in [0.1, 0.15) is 48.9 Å². The van der Waals surface area contributed by atoms with E-state index in [0.29, 0.717) is 5.56 Å². The molecule has 0 aromatic heterocycles. The van der Waals surface area contributed by atoms with E-state index in [1.807, 2.05) is 30.3 Å². The number of nitrogens with two attached hydrogens (primary N) is 1. The van der Waals surface area contributed by atoms with E-state index in [4.69, 9.17) is 17.3 Å². The Morgan fingerprint density at radius 2 is 1.88 bits per heavy atom. The summed E-state index contributed by atoms with van der Waals surface area (Å²) in [6.07, 6.45) is 7.35. The van der Waals surface area contributed by atoms with E-state index in [1.54, 1.807) is 0 Å². The lowest BCUT2D eigenvalue weighted by Crippen LogP contribution is -2.57.